The minimum Gasteiger partial charge on any atom is -0.458 e. The number of hydrogen-bond donors (Lipinski definition) is 0. The van der Waals surface area contributed by atoms with Crippen molar-refractivity contribution in [3.8, 4) is 0 Å². The molecule has 0 aromatic rings. The average Bonchev–Trinajstić information content (AvgIpc) is 2.80. The van der Waals surface area contributed by atoms with Gasteiger partial charge in [0, 0.05) is 30.1 Å². The molecule has 2 rings (SSSR count). The molecule has 2 aliphatic carbocycles. The lowest BCUT2D eigenvalue weighted by Crippen LogP contribution is -2.43. The summed E-state index contributed by atoms with van der Waals surface area (Å²) in [6.45, 7) is 11.9. The Bertz CT molecular complexity index is 719. The van der Waals surface area contributed by atoms with Gasteiger partial charge in [-0.3, -0.25) is 4.79 Å². The zero-order valence-corrected chi connectivity index (χ0v) is 19.3. The molecule has 6 heteroatoms. The van der Waals surface area contributed by atoms with Crippen molar-refractivity contribution in [2.75, 3.05) is 6.61 Å². The fourth-order valence-electron chi connectivity index (χ4n) is 5.23. The van der Waals surface area contributed by atoms with Crippen molar-refractivity contribution in [1.82, 2.24) is 0 Å². The number of carbonyl (C=O) groups is 3. The maximum Gasteiger partial charge on any atom is 0.367 e. The smallest absolute Gasteiger partial charge is 0.367 e. The molecule has 0 amide bonds. The van der Waals surface area contributed by atoms with E-state index in [9.17, 15) is 14.4 Å². The Balaban J connectivity index is 2.43. The van der Waals surface area contributed by atoms with Crippen molar-refractivity contribution < 1.29 is 23.9 Å². The third kappa shape index (κ3) is 6.23. The van der Waals surface area contributed by atoms with E-state index in [1.807, 2.05) is 13.0 Å². The summed E-state index contributed by atoms with van der Waals surface area (Å²) in [6.07, 6.45) is 5.21. The summed E-state index contributed by atoms with van der Waals surface area (Å²) < 4.78 is 10.9. The number of rotatable bonds is 6. The van der Waals surface area contributed by atoms with Gasteiger partial charge in [-0.2, -0.15) is 0 Å². The number of fused-ring (bicyclic) bond motifs is 1. The predicted molar refractivity (Wildman–Crippen MR) is 115 cm³/mol. The van der Waals surface area contributed by atoms with E-state index in [4.69, 9.17) is 9.47 Å². The molecule has 0 aromatic carbocycles. The number of ether oxygens (including phenoxy) is 2. The summed E-state index contributed by atoms with van der Waals surface area (Å²) in [6, 6.07) is 0. The van der Waals surface area contributed by atoms with E-state index < -0.39 is 0 Å². The maximum atomic E-state index is 12.3. The molecule has 2 saturated carbocycles. The Morgan fingerprint density at radius 1 is 1.21 bits per heavy atom. The molecule has 0 radical (unpaired) electrons. The highest BCUT2D eigenvalue weighted by molar-refractivity contribution is 8.13. The van der Waals surface area contributed by atoms with E-state index in [-0.39, 0.29) is 45.2 Å². The van der Waals surface area contributed by atoms with Crippen molar-refractivity contribution >= 4 is 28.8 Å². The van der Waals surface area contributed by atoms with E-state index >= 15 is 0 Å². The molecule has 2 aliphatic rings. The molecule has 162 valence electrons. The molecule has 5 nitrogen and oxygen atoms in total. The zero-order chi connectivity index (χ0) is 21.8. The second-order valence-electron chi connectivity index (χ2n) is 9.36. The molecule has 0 heterocycles. The van der Waals surface area contributed by atoms with Gasteiger partial charge in [-0.05, 0) is 68.2 Å². The monoisotopic (exact) mass is 422 g/mol. The predicted octanol–water partition coefficient (Wildman–Crippen LogP) is 5.47. The fraction of sp³-hybridized carbons (Fsp3) is 0.739. The summed E-state index contributed by atoms with van der Waals surface area (Å²) in [4.78, 5) is 35.3. The molecule has 0 aliphatic heterocycles. The SMILES string of the molecule is CCOC(=O)SC1CC(C)(C)C[C@@]2(C)CC(OC(C)=O)C(=C=CCCC(C)=O)[C@@H]12. The Morgan fingerprint density at radius 2 is 1.90 bits per heavy atom. The van der Waals surface area contributed by atoms with E-state index in [1.54, 1.807) is 6.92 Å². The Kier molecular flexibility index (Phi) is 7.80. The molecule has 0 N–H and O–H groups in total. The van der Waals surface area contributed by atoms with Crippen LogP contribution in [0.1, 0.15) is 73.6 Å². The minimum atomic E-state index is -0.338. The number of Topliss-reactive ketones (excluding diaryl/α,β-unsaturated/α-hetero) is 1. The fourth-order valence-corrected chi connectivity index (χ4v) is 6.81. The van der Waals surface area contributed by atoms with Crippen LogP contribution in [0.5, 0.6) is 0 Å². The molecule has 2 fully saturated rings. The van der Waals surface area contributed by atoms with E-state index in [0.717, 1.165) is 24.8 Å². The van der Waals surface area contributed by atoms with Crippen LogP contribution in [-0.4, -0.2) is 35.0 Å². The van der Waals surface area contributed by atoms with Crippen molar-refractivity contribution in [1.29, 1.82) is 0 Å². The molecule has 4 atom stereocenters. The second-order valence-corrected chi connectivity index (χ2v) is 10.5. The summed E-state index contributed by atoms with van der Waals surface area (Å²) in [5.41, 5.74) is 4.30. The molecule has 0 saturated heterocycles. The lowest BCUT2D eigenvalue weighted by Gasteiger charge is -2.48. The first-order valence-electron chi connectivity index (χ1n) is 10.4. The standard InChI is InChI=1S/C23H34O5S/c1-7-27-21(26)29-19-13-22(4,5)14-23(6)12-18(28-16(3)25)17(20(19)23)11-9-8-10-15(2)24/h9,18-20H,7-8,10,12-14H2,1-6H3/t11?,18?,19?,20-,23+/m0/s1. The van der Waals surface area contributed by atoms with Gasteiger partial charge < -0.3 is 14.3 Å². The highest BCUT2D eigenvalue weighted by atomic mass is 32.2. The van der Waals surface area contributed by atoms with Crippen LogP contribution >= 0.6 is 11.8 Å². The lowest BCUT2D eigenvalue weighted by molar-refractivity contribution is -0.144. The van der Waals surface area contributed by atoms with Gasteiger partial charge in [0.05, 0.1) is 6.61 Å². The van der Waals surface area contributed by atoms with E-state index in [1.165, 1.54) is 18.7 Å². The van der Waals surface area contributed by atoms with Gasteiger partial charge in [0.15, 0.2) is 0 Å². The molecular formula is C23H34O5S. The molecule has 0 aromatic heterocycles. The van der Waals surface area contributed by atoms with Crippen LogP contribution in [0, 0.1) is 16.7 Å². The first-order chi connectivity index (χ1) is 13.5. The van der Waals surface area contributed by atoms with Crippen molar-refractivity contribution in [3.05, 3.63) is 17.4 Å². The molecule has 29 heavy (non-hydrogen) atoms. The number of thioether (sulfide) groups is 1. The number of carbonyl (C=O) groups excluding carboxylic acids is 3. The van der Waals surface area contributed by atoms with Crippen LogP contribution in [0.2, 0.25) is 0 Å². The molecular weight excluding hydrogens is 388 g/mol. The molecule has 0 bridgehead atoms. The Morgan fingerprint density at radius 3 is 2.48 bits per heavy atom. The Hall–Kier alpha value is -1.52. The largest absolute Gasteiger partial charge is 0.458 e. The Labute approximate surface area is 178 Å². The highest BCUT2D eigenvalue weighted by Crippen LogP contribution is 2.62. The summed E-state index contributed by atoms with van der Waals surface area (Å²) in [5.74, 6) is -0.104. The van der Waals surface area contributed by atoms with Crippen LogP contribution in [-0.2, 0) is 19.1 Å². The van der Waals surface area contributed by atoms with Gasteiger partial charge >= 0.3 is 11.3 Å². The van der Waals surface area contributed by atoms with Gasteiger partial charge in [-0.25, -0.2) is 4.79 Å². The van der Waals surface area contributed by atoms with Gasteiger partial charge in [0.2, 0.25) is 0 Å². The molecule has 0 spiro atoms. The topological polar surface area (TPSA) is 69.7 Å². The summed E-state index contributed by atoms with van der Waals surface area (Å²) in [5, 5.41) is -0.222. The lowest BCUT2D eigenvalue weighted by atomic mass is 9.60. The van der Waals surface area contributed by atoms with Gasteiger partial charge in [0.1, 0.15) is 11.9 Å². The highest BCUT2D eigenvalue weighted by Gasteiger charge is 2.57. The van der Waals surface area contributed by atoms with Crippen molar-refractivity contribution in [3.63, 3.8) is 0 Å². The van der Waals surface area contributed by atoms with Crippen LogP contribution < -0.4 is 0 Å². The van der Waals surface area contributed by atoms with Crippen molar-refractivity contribution in [2.45, 2.75) is 85.0 Å². The zero-order valence-electron chi connectivity index (χ0n) is 18.5. The second kappa shape index (κ2) is 9.53. The first kappa shape index (κ1) is 23.8. The summed E-state index contributed by atoms with van der Waals surface area (Å²) in [7, 11) is 0. The number of ketones is 1. The van der Waals surface area contributed by atoms with Gasteiger partial charge in [-0.1, -0.05) is 20.8 Å². The van der Waals surface area contributed by atoms with Crippen LogP contribution in [0.4, 0.5) is 4.79 Å². The van der Waals surface area contributed by atoms with Crippen LogP contribution in [0.3, 0.4) is 0 Å². The maximum absolute atomic E-state index is 12.3. The summed E-state index contributed by atoms with van der Waals surface area (Å²) >= 11 is 1.26. The van der Waals surface area contributed by atoms with Crippen LogP contribution in [0.25, 0.3) is 0 Å². The van der Waals surface area contributed by atoms with E-state index in [2.05, 4.69) is 26.5 Å². The minimum absolute atomic E-state index is 0.0343. The number of hydrogen-bond acceptors (Lipinski definition) is 6. The average molecular weight is 423 g/mol. The van der Waals surface area contributed by atoms with Crippen molar-refractivity contribution in [2.24, 2.45) is 16.7 Å². The third-order valence-electron chi connectivity index (χ3n) is 5.82. The first-order valence-corrected chi connectivity index (χ1v) is 11.3. The van der Waals surface area contributed by atoms with Gasteiger partial charge in [-0.15, -0.1) is 5.73 Å². The number of esters is 1. The normalized spacial score (nSPS) is 30.1. The molecule has 2 unspecified atom stereocenters. The van der Waals surface area contributed by atoms with Crippen LogP contribution in [0.15, 0.2) is 17.4 Å². The third-order valence-corrected chi connectivity index (χ3v) is 6.87. The quantitative estimate of drug-likeness (QED) is 0.417. The van der Waals surface area contributed by atoms with E-state index in [0.29, 0.717) is 19.4 Å². The van der Waals surface area contributed by atoms with Gasteiger partial charge in [0.25, 0.3) is 0 Å².